The fraction of sp³-hybridized carbons (Fsp3) is 0.148. The van der Waals surface area contributed by atoms with E-state index >= 15 is 0 Å². The van der Waals surface area contributed by atoms with E-state index in [1.165, 1.54) is 24.3 Å². The Hall–Kier alpha value is -4.39. The summed E-state index contributed by atoms with van der Waals surface area (Å²) < 4.78 is 11.1. The highest BCUT2D eigenvalue weighted by molar-refractivity contribution is 6.39. The molecule has 34 heavy (non-hydrogen) atoms. The van der Waals surface area contributed by atoms with Crippen LogP contribution < -0.4 is 19.7 Å². The number of aryl methyl sites for hydroxylation is 2. The Labute approximate surface area is 197 Å². The molecule has 0 spiro atoms. The zero-order chi connectivity index (χ0) is 24.2. The third-order valence-corrected chi connectivity index (χ3v) is 5.62. The normalized spacial score (nSPS) is 14.9. The minimum atomic E-state index is -0.809. The molecule has 0 unspecified atom stereocenters. The van der Waals surface area contributed by atoms with Crippen molar-refractivity contribution in [3.63, 3.8) is 0 Å². The number of imide groups is 2. The van der Waals surface area contributed by atoms with Crippen molar-refractivity contribution >= 4 is 29.6 Å². The van der Waals surface area contributed by atoms with Gasteiger partial charge in [-0.05, 0) is 66.9 Å². The second-order valence-corrected chi connectivity index (χ2v) is 7.90. The van der Waals surface area contributed by atoms with Gasteiger partial charge < -0.3 is 9.47 Å². The SMILES string of the molecule is COc1ccc(N2C(=O)NC(=O)/C(=C\c3ccccc3OCc3ccc(C)c(C)c3)C2=O)cc1. The fourth-order valence-electron chi connectivity index (χ4n) is 3.56. The number of rotatable bonds is 6. The second kappa shape index (κ2) is 9.62. The van der Waals surface area contributed by atoms with E-state index in [-0.39, 0.29) is 5.57 Å². The number of amides is 4. The molecule has 1 aliphatic rings. The predicted molar refractivity (Wildman–Crippen MR) is 129 cm³/mol. The summed E-state index contributed by atoms with van der Waals surface area (Å²) in [6.45, 7) is 4.42. The van der Waals surface area contributed by atoms with Crippen molar-refractivity contribution in [2.45, 2.75) is 20.5 Å². The fourth-order valence-corrected chi connectivity index (χ4v) is 3.56. The van der Waals surface area contributed by atoms with Gasteiger partial charge in [-0.1, -0.05) is 36.4 Å². The van der Waals surface area contributed by atoms with Crippen molar-refractivity contribution in [3.8, 4) is 11.5 Å². The number of nitrogens with zero attached hydrogens (tertiary/aromatic N) is 1. The molecular weight excluding hydrogens is 432 g/mol. The van der Waals surface area contributed by atoms with Crippen LogP contribution in [0.1, 0.15) is 22.3 Å². The first-order chi connectivity index (χ1) is 16.4. The molecule has 0 aromatic heterocycles. The monoisotopic (exact) mass is 456 g/mol. The number of anilines is 1. The van der Waals surface area contributed by atoms with E-state index in [1.807, 2.05) is 32.0 Å². The number of methoxy groups -OCH3 is 1. The molecule has 1 heterocycles. The minimum absolute atomic E-state index is 0.169. The molecule has 1 N–H and O–H groups in total. The Morgan fingerprint density at radius 2 is 1.65 bits per heavy atom. The Morgan fingerprint density at radius 1 is 0.912 bits per heavy atom. The lowest BCUT2D eigenvalue weighted by Gasteiger charge is -2.26. The van der Waals surface area contributed by atoms with Crippen molar-refractivity contribution in [1.82, 2.24) is 5.32 Å². The van der Waals surface area contributed by atoms with Crippen LogP contribution >= 0.6 is 0 Å². The topological polar surface area (TPSA) is 84.9 Å². The number of ether oxygens (including phenoxy) is 2. The van der Waals surface area contributed by atoms with Crippen molar-refractivity contribution in [2.75, 3.05) is 12.0 Å². The van der Waals surface area contributed by atoms with Gasteiger partial charge in [-0.15, -0.1) is 0 Å². The Morgan fingerprint density at radius 3 is 2.35 bits per heavy atom. The maximum absolute atomic E-state index is 13.2. The lowest BCUT2D eigenvalue weighted by atomic mass is 10.1. The van der Waals surface area contributed by atoms with Crippen molar-refractivity contribution in [2.24, 2.45) is 0 Å². The minimum Gasteiger partial charge on any atom is -0.497 e. The number of carbonyl (C=O) groups excluding carboxylic acids is 3. The molecule has 4 amide bonds. The molecule has 7 nitrogen and oxygen atoms in total. The first kappa shape index (κ1) is 22.8. The third-order valence-electron chi connectivity index (χ3n) is 5.62. The average molecular weight is 456 g/mol. The molecule has 1 saturated heterocycles. The maximum Gasteiger partial charge on any atom is 0.335 e. The quantitative estimate of drug-likeness (QED) is 0.434. The molecule has 0 radical (unpaired) electrons. The number of benzene rings is 3. The van der Waals surface area contributed by atoms with Crippen molar-refractivity contribution in [3.05, 3.63) is 94.6 Å². The number of hydrogen-bond donors (Lipinski definition) is 1. The van der Waals surface area contributed by atoms with E-state index in [2.05, 4.69) is 11.4 Å². The maximum atomic E-state index is 13.2. The van der Waals surface area contributed by atoms with Gasteiger partial charge in [-0.25, -0.2) is 9.69 Å². The van der Waals surface area contributed by atoms with Crippen LogP contribution in [-0.4, -0.2) is 25.0 Å². The zero-order valence-electron chi connectivity index (χ0n) is 19.1. The summed E-state index contributed by atoms with van der Waals surface area (Å²) in [4.78, 5) is 39.1. The molecule has 0 bridgehead atoms. The van der Waals surface area contributed by atoms with Gasteiger partial charge >= 0.3 is 6.03 Å². The van der Waals surface area contributed by atoms with E-state index in [9.17, 15) is 14.4 Å². The highest BCUT2D eigenvalue weighted by Gasteiger charge is 2.37. The van der Waals surface area contributed by atoms with Crippen LogP contribution in [0.15, 0.2) is 72.3 Å². The first-order valence-corrected chi connectivity index (χ1v) is 10.7. The average Bonchev–Trinajstić information content (AvgIpc) is 2.83. The van der Waals surface area contributed by atoms with Crippen LogP contribution in [0.25, 0.3) is 6.08 Å². The molecule has 172 valence electrons. The highest BCUT2D eigenvalue weighted by Crippen LogP contribution is 2.27. The van der Waals surface area contributed by atoms with Crippen molar-refractivity contribution in [1.29, 1.82) is 0 Å². The Bertz CT molecular complexity index is 1290. The van der Waals surface area contributed by atoms with Gasteiger partial charge in [0.05, 0.1) is 12.8 Å². The van der Waals surface area contributed by atoms with Crippen LogP contribution in [0.5, 0.6) is 11.5 Å². The number of para-hydroxylation sites is 1. The molecule has 0 aliphatic carbocycles. The van der Waals surface area contributed by atoms with E-state index in [4.69, 9.17) is 9.47 Å². The molecule has 3 aromatic carbocycles. The Kier molecular flexibility index (Phi) is 6.45. The van der Waals surface area contributed by atoms with E-state index in [0.29, 0.717) is 29.4 Å². The van der Waals surface area contributed by atoms with Crippen LogP contribution in [0.4, 0.5) is 10.5 Å². The molecule has 1 fully saturated rings. The summed E-state index contributed by atoms with van der Waals surface area (Å²) in [6.07, 6.45) is 1.44. The molecular formula is C27H24N2O5. The number of barbiturate groups is 1. The smallest absolute Gasteiger partial charge is 0.335 e. The molecule has 3 aromatic rings. The van der Waals surface area contributed by atoms with E-state index < -0.39 is 17.8 Å². The lowest BCUT2D eigenvalue weighted by molar-refractivity contribution is -0.122. The largest absolute Gasteiger partial charge is 0.497 e. The van der Waals surface area contributed by atoms with Crippen LogP contribution in [0.2, 0.25) is 0 Å². The van der Waals surface area contributed by atoms with Gasteiger partial charge in [-0.3, -0.25) is 14.9 Å². The summed E-state index contributed by atoms with van der Waals surface area (Å²) in [6, 6.07) is 18.8. The molecule has 0 saturated carbocycles. The molecule has 0 atom stereocenters. The van der Waals surface area contributed by atoms with Gasteiger partial charge in [0.1, 0.15) is 23.7 Å². The van der Waals surface area contributed by atoms with Gasteiger partial charge in [0, 0.05) is 5.56 Å². The molecule has 7 heteroatoms. The van der Waals surface area contributed by atoms with Crippen LogP contribution in [0, 0.1) is 13.8 Å². The summed E-state index contributed by atoms with van der Waals surface area (Å²) in [7, 11) is 1.52. The summed E-state index contributed by atoms with van der Waals surface area (Å²) in [5.41, 5.74) is 4.08. The van der Waals surface area contributed by atoms with Crippen LogP contribution in [-0.2, 0) is 16.2 Å². The van der Waals surface area contributed by atoms with Gasteiger partial charge in [0.25, 0.3) is 11.8 Å². The third kappa shape index (κ3) is 4.68. The number of urea groups is 1. The molecule has 4 rings (SSSR count). The van der Waals surface area contributed by atoms with Crippen LogP contribution in [0.3, 0.4) is 0 Å². The second-order valence-electron chi connectivity index (χ2n) is 7.90. The standard InChI is InChI=1S/C27H24N2O5/c1-17-8-9-19(14-18(17)2)16-34-24-7-5-4-6-20(24)15-23-25(30)28-27(32)29(26(23)31)21-10-12-22(33-3)13-11-21/h4-15H,16H2,1-3H3,(H,28,30,32)/b23-15+. The molecule has 1 aliphatic heterocycles. The number of hydrogen-bond acceptors (Lipinski definition) is 5. The lowest BCUT2D eigenvalue weighted by Crippen LogP contribution is -2.54. The number of carbonyl (C=O) groups is 3. The van der Waals surface area contributed by atoms with E-state index in [0.717, 1.165) is 10.5 Å². The summed E-state index contributed by atoms with van der Waals surface area (Å²) in [5, 5.41) is 2.23. The van der Waals surface area contributed by atoms with Crippen molar-refractivity contribution < 1.29 is 23.9 Å². The van der Waals surface area contributed by atoms with Gasteiger partial charge in [-0.2, -0.15) is 0 Å². The predicted octanol–water partition coefficient (Wildman–Crippen LogP) is 4.56. The number of nitrogens with one attached hydrogen (secondary N) is 1. The highest BCUT2D eigenvalue weighted by atomic mass is 16.5. The zero-order valence-corrected chi connectivity index (χ0v) is 19.1. The Balaban J connectivity index is 1.62. The first-order valence-electron chi connectivity index (χ1n) is 10.7. The van der Waals surface area contributed by atoms with E-state index in [1.54, 1.807) is 42.5 Å². The van der Waals surface area contributed by atoms with Gasteiger partial charge in [0.2, 0.25) is 0 Å². The van der Waals surface area contributed by atoms with Gasteiger partial charge in [0.15, 0.2) is 0 Å². The summed E-state index contributed by atoms with van der Waals surface area (Å²) in [5.74, 6) is -0.386. The summed E-state index contributed by atoms with van der Waals surface area (Å²) >= 11 is 0.